The first-order chi connectivity index (χ1) is 6.79. The zero-order valence-corrected chi connectivity index (χ0v) is 10.1. The smallest absolute Gasteiger partial charge is 0.150 e. The van der Waals surface area contributed by atoms with Gasteiger partial charge in [0.1, 0.15) is 15.4 Å². The molecule has 1 rings (SSSR count). The van der Waals surface area contributed by atoms with E-state index in [1.807, 2.05) is 0 Å². The summed E-state index contributed by atoms with van der Waals surface area (Å²) in [7, 11) is -3.15. The van der Waals surface area contributed by atoms with Crippen molar-refractivity contribution in [3.63, 3.8) is 0 Å². The lowest BCUT2D eigenvalue weighted by molar-refractivity contribution is -0.0935. The van der Waals surface area contributed by atoms with Crippen LogP contribution in [0.2, 0.25) is 0 Å². The quantitative estimate of drug-likeness (QED) is 0.589. The van der Waals surface area contributed by atoms with Crippen LogP contribution in [-0.2, 0) is 9.84 Å². The molecule has 0 aromatic carbocycles. The van der Waals surface area contributed by atoms with Crippen molar-refractivity contribution in [2.45, 2.75) is 36.2 Å². The van der Waals surface area contributed by atoms with E-state index in [9.17, 15) is 18.6 Å². The number of nitrogens with one attached hydrogen (secondary N) is 1. The van der Waals surface area contributed by atoms with Gasteiger partial charge in [0.2, 0.25) is 0 Å². The van der Waals surface area contributed by atoms with E-state index in [4.69, 9.17) is 11.8 Å². The molecule has 0 radical (unpaired) electrons. The summed E-state index contributed by atoms with van der Waals surface area (Å²) in [4.78, 5) is 2.27. The number of halogens is 1. The minimum absolute atomic E-state index is 0.0478. The average Bonchev–Trinajstić information content (AvgIpc) is 2.08. The molecule has 0 spiro atoms. The van der Waals surface area contributed by atoms with E-state index in [0.29, 0.717) is 6.42 Å². The molecule has 1 fully saturated rings. The minimum atomic E-state index is -3.15. The van der Waals surface area contributed by atoms with Crippen LogP contribution in [0, 0.1) is 0 Å². The Labute approximate surface area is 94.5 Å². The Morgan fingerprint density at radius 2 is 2.20 bits per heavy atom. The second kappa shape index (κ2) is 4.55. The highest BCUT2D eigenvalue weighted by Crippen LogP contribution is 2.31. The van der Waals surface area contributed by atoms with E-state index in [0.717, 1.165) is 6.26 Å². The van der Waals surface area contributed by atoms with E-state index < -0.39 is 26.8 Å². The van der Waals surface area contributed by atoms with Gasteiger partial charge in [-0.25, -0.2) is 13.3 Å². The minimum Gasteiger partial charge on any atom is -0.390 e. The third kappa shape index (κ3) is 3.04. The highest BCUT2D eigenvalue weighted by molar-refractivity contribution is 7.91. The van der Waals surface area contributed by atoms with Crippen molar-refractivity contribution in [2.75, 3.05) is 12.8 Å². The molecule has 3 atom stereocenters. The number of aliphatic hydroxyl groups is 2. The summed E-state index contributed by atoms with van der Waals surface area (Å²) < 4.78 is 22.5. The lowest BCUT2D eigenvalue weighted by Gasteiger charge is -2.39. The van der Waals surface area contributed by atoms with Crippen LogP contribution in [0.4, 0.5) is 0 Å². The van der Waals surface area contributed by atoms with Crippen LogP contribution >= 0.6 is 11.8 Å². The molecule has 3 N–H and O–H groups in total. The Balaban J connectivity index is 2.71. The second-order valence-corrected chi connectivity index (χ2v) is 6.75. The van der Waals surface area contributed by atoms with Crippen LogP contribution in [-0.4, -0.2) is 48.4 Å². The molecule has 90 valence electrons. The van der Waals surface area contributed by atoms with Crippen molar-refractivity contribution in [1.29, 1.82) is 0 Å². The predicted octanol–water partition coefficient (Wildman–Crippen LogP) is -0.581. The Kier molecular flexibility index (Phi) is 4.00. The topological polar surface area (TPSA) is 86.6 Å². The molecule has 1 saturated carbocycles. The summed E-state index contributed by atoms with van der Waals surface area (Å²) in [6.45, 7) is 0.0478. The van der Waals surface area contributed by atoms with Gasteiger partial charge in [0, 0.05) is 12.8 Å². The largest absolute Gasteiger partial charge is 0.390 e. The highest BCUT2D eigenvalue weighted by Gasteiger charge is 2.43. The molecule has 0 heterocycles. The fraction of sp³-hybridized carbons (Fsp3) is 1.00. The Hall–Kier alpha value is 0.120. The zero-order chi connectivity index (χ0) is 11.7. The van der Waals surface area contributed by atoms with Gasteiger partial charge in [0.15, 0.2) is 0 Å². The highest BCUT2D eigenvalue weighted by atomic mass is 35.5. The van der Waals surface area contributed by atoms with Gasteiger partial charge in [0.25, 0.3) is 0 Å². The Morgan fingerprint density at radius 1 is 1.60 bits per heavy atom. The molecule has 15 heavy (non-hydrogen) atoms. The summed E-state index contributed by atoms with van der Waals surface area (Å²) >= 11 is 5.28. The van der Waals surface area contributed by atoms with Crippen molar-refractivity contribution in [1.82, 2.24) is 4.84 Å². The molecule has 0 aromatic heterocycles. The summed E-state index contributed by atoms with van der Waals surface area (Å²) in [5, 5.41) is 19.0. The first-order valence-electron chi connectivity index (χ1n) is 4.72. The van der Waals surface area contributed by atoms with E-state index >= 15 is 0 Å². The normalized spacial score (nSPS) is 37.9. The standard InChI is InChI=1S/C8H16ClNO4S/c1-15(13,14)6-2-3-8(12,5-10-9)7(11)4-6/h6-7,10-12H,2-5H2,1H3/t6?,7-,8-/m1/s1. The third-order valence-corrected chi connectivity index (χ3v) is 4.76. The van der Waals surface area contributed by atoms with Crippen LogP contribution in [0.15, 0.2) is 0 Å². The molecule has 7 heteroatoms. The van der Waals surface area contributed by atoms with Crippen LogP contribution in [0.5, 0.6) is 0 Å². The summed E-state index contributed by atoms with van der Waals surface area (Å²) in [6, 6.07) is 0. The molecule has 0 aliphatic heterocycles. The zero-order valence-electron chi connectivity index (χ0n) is 8.48. The van der Waals surface area contributed by atoms with Crippen molar-refractivity contribution in [2.24, 2.45) is 0 Å². The van der Waals surface area contributed by atoms with E-state index in [-0.39, 0.29) is 19.4 Å². The van der Waals surface area contributed by atoms with Gasteiger partial charge in [0.05, 0.1) is 11.4 Å². The summed E-state index contributed by atoms with van der Waals surface area (Å²) in [5.41, 5.74) is -1.32. The van der Waals surface area contributed by atoms with Crippen LogP contribution in [0.3, 0.4) is 0 Å². The summed E-state index contributed by atoms with van der Waals surface area (Å²) in [5.74, 6) is 0. The van der Waals surface area contributed by atoms with E-state index in [1.165, 1.54) is 0 Å². The van der Waals surface area contributed by atoms with Gasteiger partial charge < -0.3 is 10.2 Å². The monoisotopic (exact) mass is 257 g/mol. The van der Waals surface area contributed by atoms with Crippen LogP contribution < -0.4 is 4.84 Å². The molecular formula is C8H16ClNO4S. The number of sulfone groups is 1. The molecule has 1 aliphatic rings. The van der Waals surface area contributed by atoms with Crippen LogP contribution in [0.1, 0.15) is 19.3 Å². The molecule has 0 saturated heterocycles. The molecule has 0 bridgehead atoms. The number of hydrogen-bond donors (Lipinski definition) is 3. The van der Waals surface area contributed by atoms with E-state index in [1.54, 1.807) is 0 Å². The first-order valence-corrected chi connectivity index (χ1v) is 7.05. The Morgan fingerprint density at radius 3 is 2.60 bits per heavy atom. The van der Waals surface area contributed by atoms with Crippen molar-refractivity contribution >= 4 is 21.6 Å². The molecular weight excluding hydrogens is 242 g/mol. The number of aliphatic hydroxyl groups excluding tert-OH is 1. The first kappa shape index (κ1) is 13.2. The SMILES string of the molecule is CS(=O)(=O)C1CC[C@@](O)(CNCl)[C@H](O)C1. The van der Waals surface area contributed by atoms with Gasteiger partial charge in [-0.15, -0.1) is 0 Å². The van der Waals surface area contributed by atoms with Gasteiger partial charge >= 0.3 is 0 Å². The molecule has 1 aliphatic carbocycles. The lowest BCUT2D eigenvalue weighted by Crippen LogP contribution is -2.54. The lowest BCUT2D eigenvalue weighted by atomic mass is 9.82. The summed E-state index contributed by atoms with van der Waals surface area (Å²) in [6.07, 6.45) is 0.733. The maximum Gasteiger partial charge on any atom is 0.150 e. The predicted molar refractivity (Wildman–Crippen MR) is 57.3 cm³/mol. The molecule has 1 unspecified atom stereocenters. The van der Waals surface area contributed by atoms with Crippen molar-refractivity contribution < 1.29 is 18.6 Å². The number of rotatable bonds is 3. The Bertz CT molecular complexity index is 321. The molecule has 0 amide bonds. The van der Waals surface area contributed by atoms with Gasteiger partial charge in [-0.05, 0) is 31.0 Å². The van der Waals surface area contributed by atoms with Gasteiger partial charge in [-0.3, -0.25) is 0 Å². The molecule has 5 nitrogen and oxygen atoms in total. The van der Waals surface area contributed by atoms with Crippen molar-refractivity contribution in [3.05, 3.63) is 0 Å². The maximum atomic E-state index is 11.3. The van der Waals surface area contributed by atoms with Crippen molar-refractivity contribution in [3.8, 4) is 0 Å². The second-order valence-electron chi connectivity index (χ2n) is 4.16. The van der Waals surface area contributed by atoms with Gasteiger partial charge in [-0.2, -0.15) is 0 Å². The number of hydrogen-bond acceptors (Lipinski definition) is 5. The van der Waals surface area contributed by atoms with E-state index in [2.05, 4.69) is 4.84 Å². The fourth-order valence-electron chi connectivity index (χ4n) is 1.87. The third-order valence-electron chi connectivity index (χ3n) is 2.98. The van der Waals surface area contributed by atoms with Crippen LogP contribution in [0.25, 0.3) is 0 Å². The maximum absolute atomic E-state index is 11.3. The van der Waals surface area contributed by atoms with Gasteiger partial charge in [-0.1, -0.05) is 0 Å². The molecule has 0 aromatic rings. The fourth-order valence-corrected chi connectivity index (χ4v) is 3.18. The average molecular weight is 258 g/mol.